The van der Waals surface area contributed by atoms with Crippen LogP contribution in [0.25, 0.3) is 0 Å². The fourth-order valence-corrected chi connectivity index (χ4v) is 4.32. The summed E-state index contributed by atoms with van der Waals surface area (Å²) in [5.74, 6) is 0. The number of benzene rings is 2. The van der Waals surface area contributed by atoms with E-state index in [4.69, 9.17) is 0 Å². The third-order valence-electron chi connectivity index (χ3n) is 5.68. The topological polar surface area (TPSA) is 92.8 Å². The summed E-state index contributed by atoms with van der Waals surface area (Å²) in [5, 5.41) is 22.3. The van der Waals surface area contributed by atoms with Crippen molar-refractivity contribution in [3.63, 3.8) is 0 Å². The lowest BCUT2D eigenvalue weighted by molar-refractivity contribution is -0.385. The minimum absolute atomic E-state index is 0.00569. The first-order valence-electron chi connectivity index (χ1n) is 8.91. The van der Waals surface area contributed by atoms with E-state index in [1.807, 2.05) is 13.1 Å². The predicted molar refractivity (Wildman–Crippen MR) is 99.6 cm³/mol. The zero-order valence-electron chi connectivity index (χ0n) is 14.9. The Labute approximate surface area is 156 Å². The van der Waals surface area contributed by atoms with Crippen molar-refractivity contribution in [3.05, 3.63) is 79.4 Å². The maximum Gasteiger partial charge on any atom is 0.269 e. The van der Waals surface area contributed by atoms with Crippen molar-refractivity contribution in [2.75, 3.05) is 26.7 Å². The van der Waals surface area contributed by atoms with Crippen LogP contribution in [0.1, 0.15) is 28.8 Å². The van der Waals surface area contributed by atoms with Gasteiger partial charge < -0.3 is 0 Å². The Morgan fingerprint density at radius 3 is 2.22 bits per heavy atom. The Morgan fingerprint density at radius 2 is 1.56 bits per heavy atom. The molecule has 0 amide bonds. The van der Waals surface area contributed by atoms with Crippen molar-refractivity contribution in [2.24, 2.45) is 0 Å². The molecule has 4 rings (SSSR count). The van der Waals surface area contributed by atoms with Gasteiger partial charge in [0.25, 0.3) is 11.4 Å². The lowest BCUT2D eigenvalue weighted by atomic mass is 9.83. The van der Waals surface area contributed by atoms with Gasteiger partial charge in [-0.15, -0.1) is 0 Å². The lowest BCUT2D eigenvalue weighted by Crippen LogP contribution is -2.51. The van der Waals surface area contributed by atoms with Crippen LogP contribution in [0.5, 0.6) is 0 Å². The van der Waals surface area contributed by atoms with E-state index >= 15 is 0 Å². The van der Waals surface area contributed by atoms with Crippen LogP contribution >= 0.6 is 0 Å². The summed E-state index contributed by atoms with van der Waals surface area (Å²) in [5.41, 5.74) is 3.28. The highest BCUT2D eigenvalue weighted by molar-refractivity contribution is 5.45. The standard InChI is InChI=1S/C19H20N4O4/c1-20-10-11-21-9-8-13-2-7-16(23(26)27)12-17(13)19(21)18(20)14-3-5-15(6-4-14)22(24)25/h2-7,12,18-19H,8-11H2,1H3/t18-,19+/m0/s1. The maximum atomic E-state index is 11.3. The Bertz CT molecular complexity index is 899. The van der Waals surface area contributed by atoms with E-state index in [0.29, 0.717) is 0 Å². The van der Waals surface area contributed by atoms with Crippen LogP contribution in [-0.2, 0) is 6.42 Å². The first kappa shape index (κ1) is 17.6. The number of likely N-dealkylation sites (N-methyl/N-ethyl adjacent to an activating group) is 1. The number of hydrogen-bond acceptors (Lipinski definition) is 6. The molecule has 140 valence electrons. The van der Waals surface area contributed by atoms with Crippen LogP contribution in [0.4, 0.5) is 11.4 Å². The highest BCUT2D eigenvalue weighted by Gasteiger charge is 2.40. The molecular weight excluding hydrogens is 348 g/mol. The number of fused-ring (bicyclic) bond motifs is 3. The second kappa shape index (κ2) is 6.71. The number of piperazine rings is 1. The fraction of sp³-hybridized carbons (Fsp3) is 0.368. The molecule has 0 aliphatic carbocycles. The summed E-state index contributed by atoms with van der Waals surface area (Å²) in [4.78, 5) is 26.1. The Morgan fingerprint density at radius 1 is 0.889 bits per heavy atom. The molecule has 2 aliphatic rings. The second-order valence-electron chi connectivity index (χ2n) is 7.15. The van der Waals surface area contributed by atoms with E-state index < -0.39 is 4.92 Å². The number of nitro groups is 2. The Balaban J connectivity index is 1.79. The molecule has 0 N–H and O–H groups in total. The summed E-state index contributed by atoms with van der Waals surface area (Å²) in [6, 6.07) is 11.8. The van der Waals surface area contributed by atoms with Gasteiger partial charge in [-0.05, 0) is 30.2 Å². The van der Waals surface area contributed by atoms with Gasteiger partial charge in [-0.25, -0.2) is 0 Å². The van der Waals surface area contributed by atoms with Gasteiger partial charge in [-0.1, -0.05) is 18.2 Å². The van der Waals surface area contributed by atoms with Gasteiger partial charge in [0.15, 0.2) is 0 Å². The molecule has 2 aliphatic heterocycles. The SMILES string of the molecule is CN1CCN2CCc3ccc([N+](=O)[O-])cc3[C@@H]2[C@@H]1c1ccc([N+](=O)[O-])cc1. The fourth-order valence-electron chi connectivity index (χ4n) is 4.32. The molecule has 0 spiro atoms. The van der Waals surface area contributed by atoms with Crippen molar-refractivity contribution in [3.8, 4) is 0 Å². The highest BCUT2D eigenvalue weighted by atomic mass is 16.6. The van der Waals surface area contributed by atoms with E-state index in [1.165, 1.54) is 12.1 Å². The molecule has 2 aromatic rings. The zero-order valence-corrected chi connectivity index (χ0v) is 14.9. The third-order valence-corrected chi connectivity index (χ3v) is 5.68. The van der Waals surface area contributed by atoms with Gasteiger partial charge >= 0.3 is 0 Å². The van der Waals surface area contributed by atoms with Crippen molar-refractivity contribution in [1.29, 1.82) is 0 Å². The Hall–Kier alpha value is -2.84. The smallest absolute Gasteiger partial charge is 0.269 e. The number of nitrogens with zero attached hydrogens (tertiary/aromatic N) is 4. The molecule has 0 saturated carbocycles. The summed E-state index contributed by atoms with van der Waals surface area (Å²) in [6.45, 7) is 2.68. The van der Waals surface area contributed by atoms with Gasteiger partial charge in [0.2, 0.25) is 0 Å². The number of nitro benzene ring substituents is 2. The average molecular weight is 368 g/mol. The molecule has 0 aromatic heterocycles. The maximum absolute atomic E-state index is 11.3. The summed E-state index contributed by atoms with van der Waals surface area (Å²) >= 11 is 0. The van der Waals surface area contributed by atoms with Crippen molar-refractivity contribution in [1.82, 2.24) is 9.80 Å². The van der Waals surface area contributed by atoms with Gasteiger partial charge in [0, 0.05) is 43.9 Å². The molecule has 1 fully saturated rings. The van der Waals surface area contributed by atoms with E-state index in [9.17, 15) is 20.2 Å². The molecule has 2 aromatic carbocycles. The number of rotatable bonds is 3. The predicted octanol–water partition coefficient (Wildman–Crippen LogP) is 3.09. The van der Waals surface area contributed by atoms with Gasteiger partial charge in [0.05, 0.1) is 21.9 Å². The molecule has 27 heavy (non-hydrogen) atoms. The van der Waals surface area contributed by atoms with Gasteiger partial charge in [0.1, 0.15) is 0 Å². The van der Waals surface area contributed by atoms with Crippen LogP contribution in [0.15, 0.2) is 42.5 Å². The van der Waals surface area contributed by atoms with Crippen LogP contribution in [0.3, 0.4) is 0 Å². The first-order chi connectivity index (χ1) is 13.0. The van der Waals surface area contributed by atoms with E-state index in [-0.39, 0.29) is 28.4 Å². The second-order valence-corrected chi connectivity index (χ2v) is 7.15. The lowest BCUT2D eigenvalue weighted by Gasteiger charge is -2.49. The van der Waals surface area contributed by atoms with Crippen LogP contribution < -0.4 is 0 Å². The molecule has 0 radical (unpaired) electrons. The zero-order chi connectivity index (χ0) is 19.1. The van der Waals surface area contributed by atoms with Crippen LogP contribution in [0, 0.1) is 20.2 Å². The van der Waals surface area contributed by atoms with Crippen molar-refractivity contribution in [2.45, 2.75) is 18.5 Å². The average Bonchev–Trinajstić information content (AvgIpc) is 2.67. The molecule has 0 unspecified atom stereocenters. The molecular formula is C19H20N4O4. The molecule has 8 heteroatoms. The highest BCUT2D eigenvalue weighted by Crippen LogP contribution is 2.45. The Kier molecular flexibility index (Phi) is 4.37. The van der Waals surface area contributed by atoms with Crippen LogP contribution in [-0.4, -0.2) is 46.3 Å². The summed E-state index contributed by atoms with van der Waals surface area (Å²) in [7, 11) is 2.04. The van der Waals surface area contributed by atoms with E-state index in [1.54, 1.807) is 24.3 Å². The van der Waals surface area contributed by atoms with Gasteiger partial charge in [-0.3, -0.25) is 30.0 Å². The monoisotopic (exact) mass is 368 g/mol. The first-order valence-corrected chi connectivity index (χ1v) is 8.91. The quantitative estimate of drug-likeness (QED) is 0.610. The largest absolute Gasteiger partial charge is 0.296 e. The molecule has 2 atom stereocenters. The summed E-state index contributed by atoms with van der Waals surface area (Å²) in [6.07, 6.45) is 0.876. The van der Waals surface area contributed by atoms with Gasteiger partial charge in [-0.2, -0.15) is 0 Å². The van der Waals surface area contributed by atoms with E-state index in [2.05, 4.69) is 9.80 Å². The van der Waals surface area contributed by atoms with E-state index in [0.717, 1.165) is 42.7 Å². The number of non-ortho nitro benzene ring substituents is 2. The molecule has 1 saturated heterocycles. The summed E-state index contributed by atoms with van der Waals surface area (Å²) < 4.78 is 0. The van der Waals surface area contributed by atoms with Crippen LogP contribution in [0.2, 0.25) is 0 Å². The minimum Gasteiger partial charge on any atom is -0.296 e. The normalized spacial score (nSPS) is 22.7. The van der Waals surface area contributed by atoms with Crippen molar-refractivity contribution < 1.29 is 9.85 Å². The molecule has 8 nitrogen and oxygen atoms in total. The number of hydrogen-bond donors (Lipinski definition) is 0. The third kappa shape index (κ3) is 3.07. The molecule has 0 bridgehead atoms. The minimum atomic E-state index is -0.403. The molecule has 2 heterocycles. The van der Waals surface area contributed by atoms with Crippen molar-refractivity contribution >= 4 is 11.4 Å².